The Bertz CT molecular complexity index is 1320. The summed E-state index contributed by atoms with van der Waals surface area (Å²) >= 11 is 0. The molecule has 2 heterocycles. The number of hydrogen-bond donors (Lipinski definition) is 2. The summed E-state index contributed by atoms with van der Waals surface area (Å²) in [4.78, 5) is 39.2. The topological polar surface area (TPSA) is 118 Å². The van der Waals surface area contributed by atoms with Crippen molar-refractivity contribution in [3.05, 3.63) is 52.1 Å². The second-order valence-corrected chi connectivity index (χ2v) is 11.4. The lowest BCUT2D eigenvalue weighted by Crippen LogP contribution is -2.53. The first-order valence-electron chi connectivity index (χ1n) is 11.8. The van der Waals surface area contributed by atoms with E-state index < -0.39 is 27.6 Å². The number of hydrogen-bond acceptors (Lipinski definition) is 5. The van der Waals surface area contributed by atoms with E-state index in [4.69, 9.17) is 0 Å². The van der Waals surface area contributed by atoms with Gasteiger partial charge in [-0.05, 0) is 62.4 Å². The van der Waals surface area contributed by atoms with E-state index >= 15 is 0 Å². The van der Waals surface area contributed by atoms with Gasteiger partial charge in [0.2, 0.25) is 10.0 Å². The molecule has 1 aliphatic heterocycles. The van der Waals surface area contributed by atoms with Crippen molar-refractivity contribution in [1.82, 2.24) is 14.2 Å². The van der Waals surface area contributed by atoms with Gasteiger partial charge in [-0.15, -0.1) is 0 Å². The lowest BCUT2D eigenvalue weighted by molar-refractivity contribution is -0.118. The lowest BCUT2D eigenvalue weighted by atomic mass is 9.91. The number of amides is 2. The zero-order valence-corrected chi connectivity index (χ0v) is 22.3. The van der Waals surface area contributed by atoms with Crippen LogP contribution in [0.3, 0.4) is 0 Å². The van der Waals surface area contributed by atoms with Crippen LogP contribution in [0.25, 0.3) is 0 Å². The molecule has 2 N–H and O–H groups in total. The normalized spacial score (nSPS) is 18.6. The molecule has 1 fully saturated rings. The number of nitrogens with zero attached hydrogens (tertiary/aromatic N) is 2. The van der Waals surface area contributed by atoms with Crippen molar-refractivity contribution in [3.8, 4) is 0 Å². The monoisotopic (exact) mass is 520 g/mol. The van der Waals surface area contributed by atoms with Crippen LogP contribution < -0.4 is 10.6 Å². The highest BCUT2D eigenvalue weighted by Gasteiger charge is 2.35. The van der Waals surface area contributed by atoms with Crippen LogP contribution in [-0.4, -0.2) is 60.3 Å². The molecule has 3 rings (SSSR count). The smallest absolute Gasteiger partial charge is 0.294 e. The summed E-state index contributed by atoms with van der Waals surface area (Å²) in [7, 11) is -1.72. The zero-order valence-electron chi connectivity index (χ0n) is 21.4. The summed E-state index contributed by atoms with van der Waals surface area (Å²) in [5.41, 5.74) is 2.04. The Hall–Kier alpha value is -3.05. The van der Waals surface area contributed by atoms with Crippen LogP contribution in [0.1, 0.15) is 57.4 Å². The average molecular weight is 521 g/mol. The fraction of sp³-hybridized carbons (Fsp3) is 0.480. The number of ketones is 1. The van der Waals surface area contributed by atoms with Crippen LogP contribution in [0.15, 0.2) is 18.2 Å². The zero-order chi connectivity index (χ0) is 26.9. The number of sulfonamides is 1. The maximum atomic E-state index is 13.6. The van der Waals surface area contributed by atoms with E-state index in [1.54, 1.807) is 27.8 Å². The van der Waals surface area contributed by atoms with Gasteiger partial charge in [-0.25, -0.2) is 17.1 Å². The number of carbonyl (C=O) groups is 3. The van der Waals surface area contributed by atoms with Crippen LogP contribution in [0, 0.1) is 32.5 Å². The molecule has 1 aromatic heterocycles. The van der Waals surface area contributed by atoms with Gasteiger partial charge < -0.3 is 15.2 Å². The van der Waals surface area contributed by atoms with Gasteiger partial charge in [-0.2, -0.15) is 0 Å². The average Bonchev–Trinajstić information content (AvgIpc) is 3.03. The minimum absolute atomic E-state index is 0.104. The van der Waals surface area contributed by atoms with Crippen molar-refractivity contribution in [3.63, 3.8) is 0 Å². The Morgan fingerprint density at radius 2 is 1.83 bits per heavy atom. The summed E-state index contributed by atoms with van der Waals surface area (Å²) in [6.07, 6.45) is 2.20. The van der Waals surface area contributed by atoms with Crippen molar-refractivity contribution >= 4 is 33.3 Å². The van der Waals surface area contributed by atoms with Gasteiger partial charge in [0.1, 0.15) is 5.82 Å². The Balaban J connectivity index is 1.79. The molecule has 36 heavy (non-hydrogen) atoms. The molecule has 0 spiro atoms. The Labute approximate surface area is 211 Å². The Kier molecular flexibility index (Phi) is 8.04. The number of carbonyl (C=O) groups excluding carboxylic acids is 3. The first-order chi connectivity index (χ1) is 16.8. The molecule has 2 atom stereocenters. The van der Waals surface area contributed by atoms with E-state index in [2.05, 4.69) is 10.6 Å². The van der Waals surface area contributed by atoms with Crippen LogP contribution in [0.2, 0.25) is 0 Å². The molecule has 196 valence electrons. The lowest BCUT2D eigenvalue weighted by Gasteiger charge is -2.37. The highest BCUT2D eigenvalue weighted by atomic mass is 32.2. The largest absolute Gasteiger partial charge is 0.346 e. The first kappa shape index (κ1) is 27.5. The third-order valence-electron chi connectivity index (χ3n) is 7.00. The Morgan fingerprint density at radius 3 is 2.42 bits per heavy atom. The number of halogens is 1. The van der Waals surface area contributed by atoms with Crippen LogP contribution in [0.4, 0.5) is 10.1 Å². The molecule has 0 saturated carbocycles. The maximum absolute atomic E-state index is 13.6. The van der Waals surface area contributed by atoms with E-state index in [-0.39, 0.29) is 42.1 Å². The van der Waals surface area contributed by atoms with Gasteiger partial charge in [0.25, 0.3) is 17.6 Å². The molecule has 2 aromatic rings. The van der Waals surface area contributed by atoms with Crippen molar-refractivity contribution in [1.29, 1.82) is 0 Å². The maximum Gasteiger partial charge on any atom is 0.294 e. The summed E-state index contributed by atoms with van der Waals surface area (Å²) in [6, 6.07) is 3.89. The number of benzene rings is 1. The molecular formula is C25H33FN4O5S. The number of anilines is 1. The third kappa shape index (κ3) is 5.52. The van der Waals surface area contributed by atoms with E-state index in [0.29, 0.717) is 35.3 Å². The van der Waals surface area contributed by atoms with Gasteiger partial charge in [-0.1, -0.05) is 13.3 Å². The summed E-state index contributed by atoms with van der Waals surface area (Å²) in [6.45, 7) is 7.34. The van der Waals surface area contributed by atoms with Gasteiger partial charge in [0.15, 0.2) is 0 Å². The molecule has 0 bridgehead atoms. The standard InChI is InChI=1S/C25H33FN4O5S/c1-7-17-13-30(36(6,34)35)11-10-20(17)28-25(33)23(31)22-15(3)21(16(4)29(22)5)24(32)27-18-8-9-19(26)14(2)12-18/h8-9,12,17,20H,7,10-11,13H2,1-6H3,(H,27,32)(H,28,33). The van der Waals surface area contributed by atoms with Gasteiger partial charge in [-0.3, -0.25) is 14.4 Å². The fourth-order valence-electron chi connectivity index (χ4n) is 4.80. The van der Waals surface area contributed by atoms with Crippen molar-refractivity contribution in [2.75, 3.05) is 24.7 Å². The number of aromatic nitrogens is 1. The second kappa shape index (κ2) is 10.5. The number of aryl methyl sites for hydroxylation is 1. The molecule has 0 radical (unpaired) electrons. The van der Waals surface area contributed by atoms with E-state index in [1.165, 1.54) is 27.1 Å². The molecule has 0 aliphatic carbocycles. The number of piperidine rings is 1. The highest BCUT2D eigenvalue weighted by Crippen LogP contribution is 2.25. The summed E-state index contributed by atoms with van der Waals surface area (Å²) in [5.74, 6) is -2.54. The molecule has 1 saturated heterocycles. The number of Topliss-reactive ketones (excluding diaryl/α,β-unsaturated/α-hetero) is 1. The van der Waals surface area contributed by atoms with Crippen LogP contribution >= 0.6 is 0 Å². The molecule has 11 heteroatoms. The van der Waals surface area contributed by atoms with E-state index in [9.17, 15) is 27.2 Å². The molecular weight excluding hydrogens is 487 g/mol. The summed E-state index contributed by atoms with van der Waals surface area (Å²) in [5, 5.41) is 5.52. The fourth-order valence-corrected chi connectivity index (χ4v) is 5.69. The van der Waals surface area contributed by atoms with Crippen LogP contribution in [0.5, 0.6) is 0 Å². The highest BCUT2D eigenvalue weighted by molar-refractivity contribution is 7.88. The van der Waals surface area contributed by atoms with Gasteiger partial charge in [0.05, 0.1) is 17.5 Å². The van der Waals surface area contributed by atoms with Crippen molar-refractivity contribution < 1.29 is 27.2 Å². The molecule has 9 nitrogen and oxygen atoms in total. The van der Waals surface area contributed by atoms with Gasteiger partial charge in [0, 0.05) is 37.6 Å². The van der Waals surface area contributed by atoms with Crippen molar-refractivity contribution in [2.24, 2.45) is 13.0 Å². The minimum atomic E-state index is -3.33. The molecule has 2 amide bonds. The number of rotatable bonds is 7. The van der Waals surface area contributed by atoms with E-state index in [1.807, 2.05) is 6.92 Å². The number of nitrogens with one attached hydrogen (secondary N) is 2. The Morgan fingerprint density at radius 1 is 1.17 bits per heavy atom. The predicted molar refractivity (Wildman–Crippen MR) is 135 cm³/mol. The van der Waals surface area contributed by atoms with Crippen LogP contribution in [-0.2, 0) is 21.9 Å². The predicted octanol–water partition coefficient (Wildman–Crippen LogP) is 2.70. The second-order valence-electron chi connectivity index (χ2n) is 9.40. The molecule has 1 aromatic carbocycles. The quantitative estimate of drug-likeness (QED) is 0.430. The van der Waals surface area contributed by atoms with Gasteiger partial charge >= 0.3 is 0 Å². The molecule has 1 aliphatic rings. The summed E-state index contributed by atoms with van der Waals surface area (Å²) < 4.78 is 40.3. The minimum Gasteiger partial charge on any atom is -0.346 e. The third-order valence-corrected chi connectivity index (χ3v) is 8.27. The molecule has 2 unspecified atom stereocenters. The van der Waals surface area contributed by atoms with E-state index in [0.717, 1.165) is 6.26 Å². The SMILES string of the molecule is CCC1CN(S(C)(=O)=O)CCC1NC(=O)C(=O)c1c(C)c(C(=O)Nc2ccc(F)c(C)c2)c(C)n1C. The first-order valence-corrected chi connectivity index (χ1v) is 13.6. The van der Waals surface area contributed by atoms with Crippen molar-refractivity contribution in [2.45, 2.75) is 46.6 Å².